The number of amides is 2. The van der Waals surface area contributed by atoms with Gasteiger partial charge in [0.2, 0.25) is 21.8 Å². The van der Waals surface area contributed by atoms with Crippen LogP contribution in [-0.4, -0.2) is 54.9 Å². The van der Waals surface area contributed by atoms with Crippen LogP contribution in [0.15, 0.2) is 78.9 Å². The second kappa shape index (κ2) is 13.4. The molecule has 0 radical (unpaired) electrons. The molecule has 0 saturated carbocycles. The number of nitrogens with one attached hydrogen (secondary N) is 1. The number of benzene rings is 3. The van der Waals surface area contributed by atoms with Gasteiger partial charge in [0.15, 0.2) is 0 Å². The van der Waals surface area contributed by atoms with E-state index >= 15 is 0 Å². The standard InChI is InChI=1S/C28H31ClN4O6S/c1-20(2)30-28(35)26(16-21-9-5-4-6-10-21)31(18-22-11-7-12-23(29)15-22)27(34)19-32(40(3,38)39)24-13-8-14-25(17-24)33(36)37/h4-15,17,20,26H,16,18-19H2,1-3H3,(H,30,35)/t26-/m0/s1. The maximum atomic E-state index is 14.0. The Hall–Kier alpha value is -3.96. The second-order valence-corrected chi connectivity index (χ2v) is 11.9. The molecule has 40 heavy (non-hydrogen) atoms. The van der Waals surface area contributed by atoms with E-state index in [9.17, 15) is 28.1 Å². The monoisotopic (exact) mass is 586 g/mol. The van der Waals surface area contributed by atoms with E-state index in [-0.39, 0.29) is 30.4 Å². The van der Waals surface area contributed by atoms with Gasteiger partial charge in [-0.05, 0) is 43.2 Å². The molecule has 10 nitrogen and oxygen atoms in total. The van der Waals surface area contributed by atoms with Gasteiger partial charge in [-0.15, -0.1) is 0 Å². The molecule has 0 saturated heterocycles. The number of carbonyl (C=O) groups excluding carboxylic acids is 2. The van der Waals surface area contributed by atoms with Gasteiger partial charge in [0.05, 0.1) is 16.9 Å². The van der Waals surface area contributed by atoms with Crippen LogP contribution in [0.4, 0.5) is 11.4 Å². The van der Waals surface area contributed by atoms with E-state index in [0.29, 0.717) is 10.6 Å². The Morgan fingerprint density at radius 3 is 2.23 bits per heavy atom. The molecule has 3 aromatic rings. The highest BCUT2D eigenvalue weighted by Gasteiger charge is 2.33. The molecule has 0 bridgehead atoms. The number of nitro groups is 1. The van der Waals surface area contributed by atoms with Gasteiger partial charge in [0, 0.05) is 36.2 Å². The average Bonchev–Trinajstić information content (AvgIpc) is 2.88. The summed E-state index contributed by atoms with van der Waals surface area (Å²) in [5.41, 5.74) is 1.07. The van der Waals surface area contributed by atoms with Crippen molar-refractivity contribution < 1.29 is 22.9 Å². The lowest BCUT2D eigenvalue weighted by Gasteiger charge is -2.34. The summed E-state index contributed by atoms with van der Waals surface area (Å²) >= 11 is 6.19. The van der Waals surface area contributed by atoms with Crippen molar-refractivity contribution in [1.29, 1.82) is 0 Å². The molecule has 0 aromatic heterocycles. The number of hydrogen-bond donors (Lipinski definition) is 1. The summed E-state index contributed by atoms with van der Waals surface area (Å²) in [6.45, 7) is 2.89. The van der Waals surface area contributed by atoms with Crippen molar-refractivity contribution in [3.05, 3.63) is 105 Å². The van der Waals surface area contributed by atoms with E-state index in [1.807, 2.05) is 30.3 Å². The number of non-ortho nitro benzene ring substituents is 1. The minimum absolute atomic E-state index is 0.0328. The van der Waals surface area contributed by atoms with E-state index in [2.05, 4.69) is 5.32 Å². The predicted octanol–water partition coefficient (Wildman–Crippen LogP) is 4.18. The Morgan fingerprint density at radius 2 is 1.62 bits per heavy atom. The lowest BCUT2D eigenvalue weighted by molar-refractivity contribution is -0.384. The van der Waals surface area contributed by atoms with Crippen molar-refractivity contribution in [1.82, 2.24) is 10.2 Å². The molecule has 1 N–H and O–H groups in total. The molecule has 1 atom stereocenters. The Balaban J connectivity index is 2.07. The molecule has 0 aliphatic carbocycles. The summed E-state index contributed by atoms with van der Waals surface area (Å²) in [6, 6.07) is 19.8. The van der Waals surface area contributed by atoms with Gasteiger partial charge in [-0.2, -0.15) is 0 Å². The maximum absolute atomic E-state index is 14.0. The van der Waals surface area contributed by atoms with Crippen LogP contribution in [-0.2, 0) is 32.6 Å². The van der Waals surface area contributed by atoms with Crippen LogP contribution in [0, 0.1) is 10.1 Å². The number of halogens is 1. The van der Waals surface area contributed by atoms with E-state index < -0.39 is 39.3 Å². The zero-order valence-electron chi connectivity index (χ0n) is 22.4. The van der Waals surface area contributed by atoms with Crippen LogP contribution in [0.3, 0.4) is 0 Å². The Morgan fingerprint density at radius 1 is 0.975 bits per heavy atom. The summed E-state index contributed by atoms with van der Waals surface area (Å²) in [7, 11) is -4.05. The fraction of sp³-hybridized carbons (Fsp3) is 0.286. The SMILES string of the molecule is CC(C)NC(=O)[C@H](Cc1ccccc1)N(Cc1cccc(Cl)c1)C(=O)CN(c1cccc([N+](=O)[O-])c1)S(C)(=O)=O. The minimum atomic E-state index is -4.05. The summed E-state index contributed by atoms with van der Waals surface area (Å²) in [4.78, 5) is 39.5. The normalized spacial score (nSPS) is 12.0. The van der Waals surface area contributed by atoms with Crippen LogP contribution in [0.25, 0.3) is 0 Å². The first-order chi connectivity index (χ1) is 18.8. The predicted molar refractivity (Wildman–Crippen MR) is 155 cm³/mol. The van der Waals surface area contributed by atoms with E-state index in [4.69, 9.17) is 11.6 Å². The van der Waals surface area contributed by atoms with Gasteiger partial charge in [-0.3, -0.25) is 24.0 Å². The quantitative estimate of drug-likeness (QED) is 0.250. The van der Waals surface area contributed by atoms with Crippen LogP contribution in [0.5, 0.6) is 0 Å². The maximum Gasteiger partial charge on any atom is 0.271 e. The molecular formula is C28H31ClN4O6S. The number of nitro benzene ring substituents is 1. The highest BCUT2D eigenvalue weighted by Crippen LogP contribution is 2.24. The van der Waals surface area contributed by atoms with Crippen molar-refractivity contribution in [2.45, 2.75) is 38.9 Å². The smallest absolute Gasteiger partial charge is 0.271 e. The minimum Gasteiger partial charge on any atom is -0.352 e. The first-order valence-electron chi connectivity index (χ1n) is 12.5. The van der Waals surface area contributed by atoms with Crippen molar-refractivity contribution in [3.8, 4) is 0 Å². The van der Waals surface area contributed by atoms with Gasteiger partial charge >= 0.3 is 0 Å². The molecule has 2 amide bonds. The average molecular weight is 587 g/mol. The summed E-state index contributed by atoms with van der Waals surface area (Å²) in [6.07, 6.45) is 1.08. The number of anilines is 1. The summed E-state index contributed by atoms with van der Waals surface area (Å²) in [5.74, 6) is -1.08. The van der Waals surface area contributed by atoms with E-state index in [1.54, 1.807) is 38.1 Å². The molecule has 0 fully saturated rings. The zero-order valence-corrected chi connectivity index (χ0v) is 23.9. The summed E-state index contributed by atoms with van der Waals surface area (Å²) in [5, 5.41) is 14.6. The first-order valence-corrected chi connectivity index (χ1v) is 14.7. The molecule has 0 heterocycles. The number of carbonyl (C=O) groups is 2. The fourth-order valence-electron chi connectivity index (χ4n) is 4.14. The highest BCUT2D eigenvalue weighted by molar-refractivity contribution is 7.92. The molecule has 212 valence electrons. The van der Waals surface area contributed by atoms with Gasteiger partial charge in [-0.25, -0.2) is 8.42 Å². The largest absolute Gasteiger partial charge is 0.352 e. The van der Waals surface area contributed by atoms with Crippen molar-refractivity contribution >= 4 is 44.8 Å². The molecular weight excluding hydrogens is 556 g/mol. The van der Waals surface area contributed by atoms with Crippen LogP contribution in [0.1, 0.15) is 25.0 Å². The molecule has 3 rings (SSSR count). The summed E-state index contributed by atoms with van der Waals surface area (Å²) < 4.78 is 26.4. The number of hydrogen-bond acceptors (Lipinski definition) is 6. The third-order valence-electron chi connectivity index (χ3n) is 5.95. The molecule has 0 spiro atoms. The molecule has 0 aliphatic heterocycles. The van der Waals surface area contributed by atoms with Gasteiger partial charge in [0.1, 0.15) is 12.6 Å². The van der Waals surface area contributed by atoms with Crippen LogP contribution >= 0.6 is 11.6 Å². The topological polar surface area (TPSA) is 130 Å². The van der Waals surface area contributed by atoms with Crippen molar-refractivity contribution in [2.24, 2.45) is 0 Å². The van der Waals surface area contributed by atoms with Crippen molar-refractivity contribution in [2.75, 3.05) is 17.1 Å². The Bertz CT molecular complexity index is 1470. The molecule has 0 unspecified atom stereocenters. The number of sulfonamides is 1. The van der Waals surface area contributed by atoms with Crippen LogP contribution in [0.2, 0.25) is 5.02 Å². The second-order valence-electron chi connectivity index (χ2n) is 9.57. The third-order valence-corrected chi connectivity index (χ3v) is 7.33. The lowest BCUT2D eigenvalue weighted by Crippen LogP contribution is -2.54. The Labute approximate surface area is 238 Å². The molecule has 3 aromatic carbocycles. The first kappa shape index (κ1) is 30.6. The van der Waals surface area contributed by atoms with Gasteiger partial charge < -0.3 is 10.2 Å². The third kappa shape index (κ3) is 8.52. The molecule has 12 heteroatoms. The van der Waals surface area contributed by atoms with E-state index in [1.165, 1.54) is 23.1 Å². The zero-order chi connectivity index (χ0) is 29.4. The van der Waals surface area contributed by atoms with Gasteiger partial charge in [0.25, 0.3) is 5.69 Å². The van der Waals surface area contributed by atoms with Crippen LogP contribution < -0.4 is 9.62 Å². The van der Waals surface area contributed by atoms with Gasteiger partial charge in [-0.1, -0.05) is 60.1 Å². The molecule has 0 aliphatic rings. The Kier molecular flexibility index (Phi) is 10.2. The number of nitrogens with zero attached hydrogens (tertiary/aromatic N) is 3. The lowest BCUT2D eigenvalue weighted by atomic mass is 10.0. The fourth-order valence-corrected chi connectivity index (χ4v) is 5.20. The van der Waals surface area contributed by atoms with Crippen molar-refractivity contribution in [3.63, 3.8) is 0 Å². The van der Waals surface area contributed by atoms with E-state index in [0.717, 1.165) is 22.2 Å². The highest BCUT2D eigenvalue weighted by atomic mass is 35.5. The number of rotatable bonds is 12.